The Morgan fingerprint density at radius 1 is 0.962 bits per heavy atom. The monoisotopic (exact) mass is 366 g/mol. The lowest BCUT2D eigenvalue weighted by molar-refractivity contribution is 0.378. The lowest BCUT2D eigenvalue weighted by atomic mass is 10.2. The van der Waals surface area contributed by atoms with Crippen molar-refractivity contribution in [3.63, 3.8) is 0 Å². The standard InChI is InChI=1S/C21H22N2O2S/c1-15-20(24)23(16-7-5-6-8-16)21(26)22(15)17-11-13-19(14-12-17)25-18-9-3-2-4-10-18/h2-4,9-14,16,24H,5-8H2,1H3. The molecule has 4 nitrogen and oxygen atoms in total. The molecule has 1 saturated carbocycles. The van der Waals surface area contributed by atoms with E-state index in [1.807, 2.05) is 70.7 Å². The number of rotatable bonds is 4. The van der Waals surface area contributed by atoms with Crippen LogP contribution in [0.2, 0.25) is 0 Å². The number of hydrogen-bond donors (Lipinski definition) is 1. The average Bonchev–Trinajstić information content (AvgIpc) is 3.25. The number of para-hydroxylation sites is 1. The number of aromatic hydroxyl groups is 1. The van der Waals surface area contributed by atoms with Crippen molar-refractivity contribution < 1.29 is 9.84 Å². The molecule has 0 aliphatic heterocycles. The van der Waals surface area contributed by atoms with Gasteiger partial charge < -0.3 is 9.84 Å². The minimum Gasteiger partial charge on any atom is -0.493 e. The summed E-state index contributed by atoms with van der Waals surface area (Å²) in [6, 6.07) is 17.8. The molecule has 1 aliphatic carbocycles. The highest BCUT2D eigenvalue weighted by Gasteiger charge is 2.24. The van der Waals surface area contributed by atoms with E-state index in [1.54, 1.807) is 0 Å². The van der Waals surface area contributed by atoms with E-state index in [0.29, 0.717) is 10.8 Å². The maximum atomic E-state index is 10.6. The summed E-state index contributed by atoms with van der Waals surface area (Å²) in [5.41, 5.74) is 1.71. The van der Waals surface area contributed by atoms with Gasteiger partial charge in [-0.2, -0.15) is 0 Å². The number of imidazole rings is 1. The third-order valence-electron chi connectivity index (χ3n) is 5.05. The topological polar surface area (TPSA) is 39.3 Å². The first-order valence-corrected chi connectivity index (χ1v) is 9.42. The number of aromatic nitrogens is 2. The maximum absolute atomic E-state index is 10.6. The summed E-state index contributed by atoms with van der Waals surface area (Å²) in [6.07, 6.45) is 4.55. The number of hydrogen-bond acceptors (Lipinski definition) is 3. The quantitative estimate of drug-likeness (QED) is 0.582. The zero-order valence-electron chi connectivity index (χ0n) is 14.8. The molecule has 26 heavy (non-hydrogen) atoms. The Bertz CT molecular complexity index is 952. The predicted octanol–water partition coefficient (Wildman–Crippen LogP) is 5.93. The highest BCUT2D eigenvalue weighted by atomic mass is 32.1. The zero-order chi connectivity index (χ0) is 18.1. The van der Waals surface area contributed by atoms with Crippen LogP contribution in [0.5, 0.6) is 17.4 Å². The Labute approximate surface area is 158 Å². The third kappa shape index (κ3) is 3.03. The van der Waals surface area contributed by atoms with Crippen LogP contribution in [0.15, 0.2) is 54.6 Å². The van der Waals surface area contributed by atoms with E-state index in [-0.39, 0.29) is 5.88 Å². The number of benzene rings is 2. The molecule has 0 amide bonds. The highest BCUT2D eigenvalue weighted by Crippen LogP contribution is 2.36. The Morgan fingerprint density at radius 3 is 2.23 bits per heavy atom. The molecule has 1 N–H and O–H groups in total. The van der Waals surface area contributed by atoms with Crippen LogP contribution in [0.1, 0.15) is 37.4 Å². The van der Waals surface area contributed by atoms with Crippen LogP contribution in [0.3, 0.4) is 0 Å². The van der Waals surface area contributed by atoms with Crippen molar-refractivity contribution in [2.24, 2.45) is 0 Å². The third-order valence-corrected chi connectivity index (χ3v) is 5.43. The molecule has 1 heterocycles. The molecular formula is C21H22N2O2S. The van der Waals surface area contributed by atoms with Crippen LogP contribution in [0, 0.1) is 11.7 Å². The van der Waals surface area contributed by atoms with E-state index in [1.165, 1.54) is 12.8 Å². The number of nitrogens with zero attached hydrogens (tertiary/aromatic N) is 2. The largest absolute Gasteiger partial charge is 0.493 e. The fourth-order valence-electron chi connectivity index (χ4n) is 3.70. The average molecular weight is 366 g/mol. The minimum atomic E-state index is 0.284. The summed E-state index contributed by atoms with van der Waals surface area (Å²) >= 11 is 5.69. The second-order valence-electron chi connectivity index (χ2n) is 6.74. The van der Waals surface area contributed by atoms with Crippen LogP contribution in [0.4, 0.5) is 0 Å². The normalized spacial score (nSPS) is 14.7. The molecule has 1 aliphatic rings. The fraction of sp³-hybridized carbons (Fsp3) is 0.286. The molecule has 0 atom stereocenters. The molecule has 0 spiro atoms. The van der Waals surface area contributed by atoms with Gasteiger partial charge in [0.15, 0.2) is 4.77 Å². The lowest BCUT2D eigenvalue weighted by Crippen LogP contribution is -2.05. The smallest absolute Gasteiger partial charge is 0.213 e. The molecule has 0 saturated heterocycles. The lowest BCUT2D eigenvalue weighted by Gasteiger charge is -2.12. The van der Waals surface area contributed by atoms with Crippen molar-refractivity contribution in [3.05, 3.63) is 65.1 Å². The summed E-state index contributed by atoms with van der Waals surface area (Å²) in [5, 5.41) is 10.6. The first-order chi connectivity index (χ1) is 12.6. The van der Waals surface area contributed by atoms with Crippen molar-refractivity contribution >= 4 is 12.2 Å². The molecule has 1 fully saturated rings. The highest BCUT2D eigenvalue weighted by molar-refractivity contribution is 7.71. The Morgan fingerprint density at radius 2 is 1.58 bits per heavy atom. The first-order valence-electron chi connectivity index (χ1n) is 9.01. The molecule has 4 rings (SSSR count). The van der Waals surface area contributed by atoms with Crippen molar-refractivity contribution in [2.45, 2.75) is 38.6 Å². The Kier molecular flexibility index (Phi) is 4.55. The van der Waals surface area contributed by atoms with Gasteiger partial charge >= 0.3 is 0 Å². The SMILES string of the molecule is Cc1c(O)n(C2CCCC2)c(=S)n1-c1ccc(Oc2ccccc2)cc1. The van der Waals surface area contributed by atoms with Gasteiger partial charge in [0.05, 0.1) is 5.69 Å². The van der Waals surface area contributed by atoms with Crippen LogP contribution < -0.4 is 4.74 Å². The Hall–Kier alpha value is -2.53. The van der Waals surface area contributed by atoms with Gasteiger partial charge in [-0.25, -0.2) is 0 Å². The molecule has 0 bridgehead atoms. The maximum Gasteiger partial charge on any atom is 0.213 e. The van der Waals surface area contributed by atoms with Crippen LogP contribution >= 0.6 is 12.2 Å². The van der Waals surface area contributed by atoms with Crippen LogP contribution in [-0.2, 0) is 0 Å². The van der Waals surface area contributed by atoms with Gasteiger partial charge in [0.2, 0.25) is 5.88 Å². The molecule has 0 radical (unpaired) electrons. The van der Waals surface area contributed by atoms with Crippen molar-refractivity contribution in [1.29, 1.82) is 0 Å². The molecule has 5 heteroatoms. The van der Waals surface area contributed by atoms with Crippen molar-refractivity contribution in [2.75, 3.05) is 0 Å². The minimum absolute atomic E-state index is 0.284. The van der Waals surface area contributed by atoms with E-state index in [0.717, 1.165) is 35.7 Å². The van der Waals surface area contributed by atoms with Gasteiger partial charge in [-0.1, -0.05) is 31.0 Å². The van der Waals surface area contributed by atoms with Crippen molar-refractivity contribution in [3.8, 4) is 23.1 Å². The molecule has 1 aromatic heterocycles. The van der Waals surface area contributed by atoms with Gasteiger partial charge in [0, 0.05) is 11.7 Å². The zero-order valence-corrected chi connectivity index (χ0v) is 15.6. The summed E-state index contributed by atoms with van der Waals surface area (Å²) in [6.45, 7) is 1.91. The van der Waals surface area contributed by atoms with E-state index < -0.39 is 0 Å². The predicted molar refractivity (Wildman–Crippen MR) is 105 cm³/mol. The first kappa shape index (κ1) is 16.9. The Balaban J connectivity index is 1.65. The van der Waals surface area contributed by atoms with E-state index >= 15 is 0 Å². The summed E-state index contributed by atoms with van der Waals surface area (Å²) in [7, 11) is 0. The summed E-state index contributed by atoms with van der Waals surface area (Å²) in [5.74, 6) is 1.85. The molecule has 0 unspecified atom stereocenters. The molecule has 2 aromatic carbocycles. The molecule has 3 aromatic rings. The number of ether oxygens (including phenoxy) is 1. The van der Waals surface area contributed by atoms with E-state index in [2.05, 4.69) is 0 Å². The second-order valence-corrected chi connectivity index (χ2v) is 7.11. The molecule has 134 valence electrons. The van der Waals surface area contributed by atoms with Gasteiger partial charge in [-0.05, 0) is 68.4 Å². The van der Waals surface area contributed by atoms with Gasteiger partial charge in [-0.3, -0.25) is 9.13 Å². The second kappa shape index (κ2) is 7.00. The van der Waals surface area contributed by atoms with E-state index in [4.69, 9.17) is 17.0 Å². The van der Waals surface area contributed by atoms with E-state index in [9.17, 15) is 5.11 Å². The fourth-order valence-corrected chi connectivity index (χ4v) is 4.18. The van der Waals surface area contributed by atoms with Gasteiger partial charge in [0.1, 0.15) is 11.5 Å². The molecular weight excluding hydrogens is 344 g/mol. The van der Waals surface area contributed by atoms with Crippen LogP contribution in [0.25, 0.3) is 5.69 Å². The van der Waals surface area contributed by atoms with Crippen molar-refractivity contribution in [1.82, 2.24) is 9.13 Å². The van der Waals surface area contributed by atoms with Gasteiger partial charge in [-0.15, -0.1) is 0 Å². The van der Waals surface area contributed by atoms with Crippen LogP contribution in [-0.4, -0.2) is 14.2 Å². The summed E-state index contributed by atoms with van der Waals surface area (Å²) in [4.78, 5) is 0. The van der Waals surface area contributed by atoms with Gasteiger partial charge in [0.25, 0.3) is 0 Å². The summed E-state index contributed by atoms with van der Waals surface area (Å²) < 4.78 is 10.4.